The van der Waals surface area contributed by atoms with Gasteiger partial charge in [-0.3, -0.25) is 5.43 Å². The van der Waals surface area contributed by atoms with Crippen LogP contribution in [0.1, 0.15) is 0 Å². The Balaban J connectivity index is 2.46. The summed E-state index contributed by atoms with van der Waals surface area (Å²) in [4.78, 5) is 0. The number of hydrogen-bond donors (Lipinski definition) is 2. The third-order valence-electron chi connectivity index (χ3n) is 2.01. The summed E-state index contributed by atoms with van der Waals surface area (Å²) in [7, 11) is 1.84. The van der Waals surface area contributed by atoms with Crippen molar-refractivity contribution in [3.8, 4) is 0 Å². The lowest BCUT2D eigenvalue weighted by molar-refractivity contribution is 0.495. The average Bonchev–Trinajstić information content (AvgIpc) is 2.66. The minimum absolute atomic E-state index is 0.684. The van der Waals surface area contributed by atoms with Crippen LogP contribution in [0.15, 0.2) is 23.7 Å². The number of rotatable bonds is 3. The van der Waals surface area contributed by atoms with E-state index in [4.69, 9.17) is 12.2 Å². The molecular weight excluding hydrogens is 214 g/mol. The lowest BCUT2D eigenvalue weighted by Crippen LogP contribution is -2.29. The van der Waals surface area contributed by atoms with Gasteiger partial charge in [-0.2, -0.15) is 0 Å². The second-order valence-corrected chi connectivity index (χ2v) is 4.18. The van der Waals surface area contributed by atoms with Crippen molar-refractivity contribution < 1.29 is 0 Å². The molecule has 2 aromatic rings. The number of nitrogens with zero attached hydrogens (tertiary/aromatic N) is 1. The van der Waals surface area contributed by atoms with Gasteiger partial charge in [0.05, 0.1) is 11.4 Å². The molecular formula is C9H11N3S2. The number of pyridine rings is 1. The van der Waals surface area contributed by atoms with Gasteiger partial charge < -0.3 is 4.57 Å². The van der Waals surface area contributed by atoms with Crippen LogP contribution in [0.4, 0.5) is 0 Å². The SMILES string of the molecule is CNNCn1ccc2ccsc2c1=S. The maximum absolute atomic E-state index is 5.37. The van der Waals surface area contributed by atoms with E-state index in [1.54, 1.807) is 11.3 Å². The summed E-state index contributed by atoms with van der Waals surface area (Å²) in [5, 5.41) is 3.29. The molecule has 14 heavy (non-hydrogen) atoms. The first-order valence-corrected chi connectivity index (χ1v) is 5.58. The van der Waals surface area contributed by atoms with Crippen LogP contribution in [-0.4, -0.2) is 11.6 Å². The zero-order chi connectivity index (χ0) is 9.97. The van der Waals surface area contributed by atoms with E-state index in [1.165, 1.54) is 10.1 Å². The van der Waals surface area contributed by atoms with E-state index in [-0.39, 0.29) is 0 Å². The maximum Gasteiger partial charge on any atom is 0.125 e. The van der Waals surface area contributed by atoms with E-state index < -0.39 is 0 Å². The summed E-state index contributed by atoms with van der Waals surface area (Å²) in [6.07, 6.45) is 2.00. The van der Waals surface area contributed by atoms with Gasteiger partial charge in [0.1, 0.15) is 4.64 Å². The van der Waals surface area contributed by atoms with Crippen LogP contribution in [-0.2, 0) is 6.67 Å². The standard InChI is InChI=1S/C9H11N3S2/c1-10-11-6-12-4-2-7-3-5-14-8(7)9(12)13/h2-5,10-11H,6H2,1H3. The summed E-state index contributed by atoms with van der Waals surface area (Å²) in [5.41, 5.74) is 5.88. The van der Waals surface area contributed by atoms with Crippen molar-refractivity contribution in [2.24, 2.45) is 0 Å². The van der Waals surface area contributed by atoms with Gasteiger partial charge in [0, 0.05) is 6.20 Å². The smallest absolute Gasteiger partial charge is 0.125 e. The monoisotopic (exact) mass is 225 g/mol. The second kappa shape index (κ2) is 4.18. The molecule has 2 rings (SSSR count). The summed E-state index contributed by atoms with van der Waals surface area (Å²) >= 11 is 7.05. The fourth-order valence-electron chi connectivity index (χ4n) is 1.28. The van der Waals surface area contributed by atoms with Crippen LogP contribution in [0.25, 0.3) is 10.1 Å². The lowest BCUT2D eigenvalue weighted by Gasteiger charge is -2.07. The molecule has 0 amide bonds. The zero-order valence-electron chi connectivity index (χ0n) is 7.78. The van der Waals surface area contributed by atoms with Crippen molar-refractivity contribution in [3.05, 3.63) is 28.4 Å². The number of hydrazine groups is 1. The molecule has 0 fully saturated rings. The molecule has 0 aliphatic heterocycles. The quantitative estimate of drug-likeness (QED) is 0.619. The largest absolute Gasteiger partial charge is 0.324 e. The van der Waals surface area contributed by atoms with Crippen LogP contribution in [0.3, 0.4) is 0 Å². The molecule has 0 atom stereocenters. The molecule has 0 aliphatic carbocycles. The van der Waals surface area contributed by atoms with Crippen LogP contribution in [0.5, 0.6) is 0 Å². The number of nitrogens with one attached hydrogen (secondary N) is 2. The van der Waals surface area contributed by atoms with Gasteiger partial charge in [0.25, 0.3) is 0 Å². The summed E-state index contributed by atoms with van der Waals surface area (Å²) < 4.78 is 4.07. The van der Waals surface area contributed by atoms with Gasteiger partial charge in [-0.05, 0) is 29.9 Å². The van der Waals surface area contributed by atoms with E-state index >= 15 is 0 Å². The Hall–Kier alpha value is -0.750. The Bertz CT molecular complexity index is 486. The predicted octanol–water partition coefficient (Wildman–Crippen LogP) is 2.11. The zero-order valence-corrected chi connectivity index (χ0v) is 9.41. The minimum atomic E-state index is 0.684. The molecule has 0 spiro atoms. The van der Waals surface area contributed by atoms with E-state index in [9.17, 15) is 0 Å². The van der Waals surface area contributed by atoms with Gasteiger partial charge in [0.2, 0.25) is 0 Å². The van der Waals surface area contributed by atoms with Gasteiger partial charge in [-0.15, -0.1) is 11.3 Å². The van der Waals surface area contributed by atoms with Crippen molar-refractivity contribution >= 4 is 33.6 Å². The second-order valence-electron chi connectivity index (χ2n) is 2.88. The molecule has 0 unspecified atom stereocenters. The average molecular weight is 225 g/mol. The van der Waals surface area contributed by atoms with Crippen molar-refractivity contribution in [1.82, 2.24) is 15.4 Å². The normalized spacial score (nSPS) is 10.9. The Morgan fingerprint density at radius 1 is 1.50 bits per heavy atom. The van der Waals surface area contributed by atoms with Gasteiger partial charge in [0.15, 0.2) is 0 Å². The highest BCUT2D eigenvalue weighted by molar-refractivity contribution is 7.71. The molecule has 2 heterocycles. The molecule has 0 bridgehead atoms. The fourth-order valence-corrected chi connectivity index (χ4v) is 2.51. The van der Waals surface area contributed by atoms with Crippen molar-refractivity contribution in [2.45, 2.75) is 6.67 Å². The first-order valence-electron chi connectivity index (χ1n) is 4.29. The van der Waals surface area contributed by atoms with Crippen LogP contribution in [0.2, 0.25) is 0 Å². The molecule has 0 radical (unpaired) electrons. The molecule has 0 saturated carbocycles. The topological polar surface area (TPSA) is 29.0 Å². The fraction of sp³-hybridized carbons (Fsp3) is 0.222. The van der Waals surface area contributed by atoms with Crippen LogP contribution in [0, 0.1) is 4.64 Å². The molecule has 3 nitrogen and oxygen atoms in total. The maximum atomic E-state index is 5.37. The minimum Gasteiger partial charge on any atom is -0.324 e. The molecule has 0 saturated heterocycles. The number of aromatic nitrogens is 1. The van der Waals surface area contributed by atoms with Crippen molar-refractivity contribution in [3.63, 3.8) is 0 Å². The summed E-state index contributed by atoms with van der Waals surface area (Å²) in [5.74, 6) is 0. The Kier molecular flexibility index (Phi) is 2.93. The third kappa shape index (κ3) is 1.72. The highest BCUT2D eigenvalue weighted by atomic mass is 32.1. The highest BCUT2D eigenvalue weighted by Gasteiger charge is 1.99. The summed E-state index contributed by atoms with van der Waals surface area (Å²) in [6.45, 7) is 0.684. The Morgan fingerprint density at radius 3 is 3.14 bits per heavy atom. The van der Waals surface area contributed by atoms with Gasteiger partial charge in [-0.25, -0.2) is 5.43 Å². The molecule has 0 aliphatic rings. The molecule has 2 N–H and O–H groups in total. The molecule has 0 aromatic carbocycles. The van der Waals surface area contributed by atoms with Gasteiger partial charge in [-0.1, -0.05) is 12.2 Å². The number of fused-ring (bicyclic) bond motifs is 1. The van der Waals surface area contributed by atoms with Crippen molar-refractivity contribution in [1.29, 1.82) is 0 Å². The first kappa shape index (κ1) is 9.79. The van der Waals surface area contributed by atoms with Crippen LogP contribution >= 0.6 is 23.6 Å². The Labute approximate surface area is 91.3 Å². The van der Waals surface area contributed by atoms with E-state index in [2.05, 4.69) is 28.4 Å². The number of thiophene rings is 1. The highest BCUT2D eigenvalue weighted by Crippen LogP contribution is 2.21. The van der Waals surface area contributed by atoms with E-state index in [0.29, 0.717) is 6.67 Å². The number of hydrogen-bond acceptors (Lipinski definition) is 4. The third-order valence-corrected chi connectivity index (χ3v) is 3.52. The van der Waals surface area contributed by atoms with Crippen molar-refractivity contribution in [2.75, 3.05) is 7.05 Å². The van der Waals surface area contributed by atoms with Crippen LogP contribution < -0.4 is 10.9 Å². The van der Waals surface area contributed by atoms with Gasteiger partial charge >= 0.3 is 0 Å². The molecule has 5 heteroatoms. The molecule has 2 aromatic heterocycles. The lowest BCUT2D eigenvalue weighted by atomic mass is 10.3. The van der Waals surface area contributed by atoms with E-state index in [0.717, 1.165) is 4.64 Å². The summed E-state index contributed by atoms with van der Waals surface area (Å²) in [6, 6.07) is 4.17. The van der Waals surface area contributed by atoms with E-state index in [1.807, 2.05) is 17.8 Å². The molecule has 74 valence electrons. The Morgan fingerprint density at radius 2 is 2.36 bits per heavy atom. The first-order chi connectivity index (χ1) is 6.83. The predicted molar refractivity (Wildman–Crippen MR) is 62.8 cm³/mol.